The van der Waals surface area contributed by atoms with Crippen LogP contribution >= 0.6 is 0 Å². The third kappa shape index (κ3) is 3.22. The predicted octanol–water partition coefficient (Wildman–Crippen LogP) is 1.45. The molecule has 2 aliphatic heterocycles. The Morgan fingerprint density at radius 1 is 1.26 bits per heavy atom. The third-order valence-electron chi connectivity index (χ3n) is 6.14. The van der Waals surface area contributed by atoms with E-state index in [-0.39, 0.29) is 24.4 Å². The lowest BCUT2D eigenvalue weighted by Crippen LogP contribution is -2.52. The summed E-state index contributed by atoms with van der Waals surface area (Å²) in [5.41, 5.74) is 2.90. The van der Waals surface area contributed by atoms with E-state index < -0.39 is 11.6 Å². The van der Waals surface area contributed by atoms with Crippen molar-refractivity contribution in [1.29, 1.82) is 0 Å². The molecule has 1 saturated carbocycles. The van der Waals surface area contributed by atoms with Gasteiger partial charge in [-0.05, 0) is 44.4 Å². The zero-order chi connectivity index (χ0) is 19.0. The molecular weight excluding hydrogens is 346 g/mol. The number of carbonyl (C=O) groups excluding carboxylic acids is 3. The van der Waals surface area contributed by atoms with Gasteiger partial charge in [-0.2, -0.15) is 5.01 Å². The SMILES string of the molecule is Cn1cccc1[C@@H]1CCCN1CC(=O)NN1C(=O)NC2(CCCCC2)C1=O. The van der Waals surface area contributed by atoms with Crippen LogP contribution in [0.2, 0.25) is 0 Å². The van der Waals surface area contributed by atoms with Crippen LogP contribution < -0.4 is 10.7 Å². The average Bonchev–Trinajstić information content (AvgIpc) is 3.32. The highest BCUT2D eigenvalue weighted by atomic mass is 16.2. The summed E-state index contributed by atoms with van der Waals surface area (Å²) in [6.45, 7) is 0.993. The molecule has 0 unspecified atom stereocenters. The lowest BCUT2D eigenvalue weighted by molar-refractivity contribution is -0.140. The second-order valence-electron chi connectivity index (χ2n) is 7.92. The van der Waals surface area contributed by atoms with Gasteiger partial charge in [-0.25, -0.2) is 4.79 Å². The molecule has 4 amide bonds. The van der Waals surface area contributed by atoms with E-state index in [1.54, 1.807) is 0 Å². The van der Waals surface area contributed by atoms with Crippen LogP contribution in [-0.2, 0) is 16.6 Å². The smallest absolute Gasteiger partial charge is 0.344 e. The number of imide groups is 1. The zero-order valence-corrected chi connectivity index (χ0v) is 15.7. The second kappa shape index (κ2) is 6.99. The van der Waals surface area contributed by atoms with Gasteiger partial charge in [-0.1, -0.05) is 19.3 Å². The van der Waals surface area contributed by atoms with Crippen molar-refractivity contribution in [3.8, 4) is 0 Å². The Balaban J connectivity index is 1.40. The Morgan fingerprint density at radius 3 is 2.74 bits per heavy atom. The Labute approximate surface area is 158 Å². The maximum atomic E-state index is 12.8. The summed E-state index contributed by atoms with van der Waals surface area (Å²) in [5, 5.41) is 3.70. The number of aromatic nitrogens is 1. The number of hydrogen-bond donors (Lipinski definition) is 2. The fourth-order valence-corrected chi connectivity index (χ4v) is 4.73. The van der Waals surface area contributed by atoms with Crippen molar-refractivity contribution in [1.82, 2.24) is 25.2 Å². The first-order valence-corrected chi connectivity index (χ1v) is 9.82. The summed E-state index contributed by atoms with van der Waals surface area (Å²) >= 11 is 0. The molecule has 2 N–H and O–H groups in total. The number of nitrogens with one attached hydrogen (secondary N) is 2. The van der Waals surface area contributed by atoms with Crippen LogP contribution in [0.25, 0.3) is 0 Å². The summed E-state index contributed by atoms with van der Waals surface area (Å²) in [4.78, 5) is 39.8. The molecule has 0 aromatic carbocycles. The second-order valence-corrected chi connectivity index (χ2v) is 7.92. The van der Waals surface area contributed by atoms with Gasteiger partial charge in [-0.3, -0.25) is 19.9 Å². The molecule has 1 spiro atoms. The average molecular weight is 373 g/mol. The molecule has 8 heteroatoms. The Kier molecular flexibility index (Phi) is 4.67. The van der Waals surface area contributed by atoms with Crippen LogP contribution in [0.15, 0.2) is 18.3 Å². The molecule has 3 aliphatic rings. The van der Waals surface area contributed by atoms with E-state index in [0.29, 0.717) is 12.8 Å². The van der Waals surface area contributed by atoms with Gasteiger partial charge in [0, 0.05) is 18.9 Å². The van der Waals surface area contributed by atoms with Gasteiger partial charge in [0.2, 0.25) is 0 Å². The number of nitrogens with zero attached hydrogens (tertiary/aromatic N) is 3. The van der Waals surface area contributed by atoms with Gasteiger partial charge in [0.25, 0.3) is 11.8 Å². The standard InChI is InChI=1S/C19H27N5O3/c1-22-11-5-7-14(22)15-8-6-12-23(15)13-16(25)21-24-17(26)19(20-18(24)27)9-3-2-4-10-19/h5,7,11,15H,2-4,6,8-10,12-13H2,1H3,(H,20,27)(H,21,25)/t15-/m0/s1. The first-order valence-electron chi connectivity index (χ1n) is 9.82. The number of hydrogen-bond acceptors (Lipinski definition) is 4. The summed E-state index contributed by atoms with van der Waals surface area (Å²) < 4.78 is 2.07. The normalized spacial score (nSPS) is 25.2. The first kappa shape index (κ1) is 18.0. The molecule has 27 heavy (non-hydrogen) atoms. The molecule has 3 fully saturated rings. The minimum atomic E-state index is -0.818. The van der Waals surface area contributed by atoms with Gasteiger partial charge >= 0.3 is 6.03 Å². The molecule has 146 valence electrons. The van der Waals surface area contributed by atoms with Crippen LogP contribution in [0.4, 0.5) is 4.79 Å². The van der Waals surface area contributed by atoms with E-state index in [9.17, 15) is 14.4 Å². The summed E-state index contributed by atoms with van der Waals surface area (Å²) in [7, 11) is 2.00. The summed E-state index contributed by atoms with van der Waals surface area (Å²) in [5.74, 6) is -0.645. The van der Waals surface area contributed by atoms with Crippen LogP contribution in [-0.4, -0.2) is 50.9 Å². The highest BCUT2D eigenvalue weighted by molar-refractivity contribution is 6.08. The van der Waals surface area contributed by atoms with Crippen LogP contribution in [0.5, 0.6) is 0 Å². The zero-order valence-electron chi connectivity index (χ0n) is 15.7. The molecule has 1 aliphatic carbocycles. The van der Waals surface area contributed by atoms with Crippen molar-refractivity contribution >= 4 is 17.8 Å². The van der Waals surface area contributed by atoms with Crippen LogP contribution in [0.3, 0.4) is 0 Å². The van der Waals surface area contributed by atoms with Crippen molar-refractivity contribution in [3.63, 3.8) is 0 Å². The number of likely N-dealkylation sites (tertiary alicyclic amines) is 1. The Bertz CT molecular complexity index is 752. The number of hydrazine groups is 1. The van der Waals surface area contributed by atoms with Gasteiger partial charge in [0.05, 0.1) is 12.6 Å². The van der Waals surface area contributed by atoms with Gasteiger partial charge in [0.1, 0.15) is 5.54 Å². The van der Waals surface area contributed by atoms with Crippen LogP contribution in [0, 0.1) is 0 Å². The minimum absolute atomic E-state index is 0.167. The predicted molar refractivity (Wildman–Crippen MR) is 98.3 cm³/mol. The molecule has 4 rings (SSSR count). The van der Waals surface area contributed by atoms with Gasteiger partial charge in [0.15, 0.2) is 0 Å². The quantitative estimate of drug-likeness (QED) is 0.782. The van der Waals surface area contributed by atoms with Crippen molar-refractivity contribution in [2.45, 2.75) is 56.5 Å². The Morgan fingerprint density at radius 2 is 2.04 bits per heavy atom. The summed E-state index contributed by atoms with van der Waals surface area (Å²) in [6.07, 6.45) is 8.22. The number of aryl methyl sites for hydroxylation is 1. The molecule has 0 radical (unpaired) electrons. The monoisotopic (exact) mass is 373 g/mol. The maximum Gasteiger partial charge on any atom is 0.344 e. The van der Waals surface area contributed by atoms with E-state index in [1.807, 2.05) is 19.3 Å². The molecule has 1 atom stereocenters. The molecule has 2 saturated heterocycles. The molecule has 8 nitrogen and oxygen atoms in total. The number of urea groups is 1. The van der Waals surface area contributed by atoms with E-state index >= 15 is 0 Å². The van der Waals surface area contributed by atoms with Crippen molar-refractivity contribution in [3.05, 3.63) is 24.0 Å². The Hall–Kier alpha value is -2.35. The van der Waals surface area contributed by atoms with Crippen LogP contribution in [0.1, 0.15) is 56.7 Å². The van der Waals surface area contributed by atoms with E-state index in [1.165, 1.54) is 5.69 Å². The number of amides is 4. The van der Waals surface area contributed by atoms with E-state index in [0.717, 1.165) is 43.7 Å². The van der Waals surface area contributed by atoms with E-state index in [4.69, 9.17) is 0 Å². The third-order valence-corrected chi connectivity index (χ3v) is 6.14. The largest absolute Gasteiger partial charge is 0.353 e. The number of rotatable bonds is 4. The fraction of sp³-hybridized carbons (Fsp3) is 0.632. The number of carbonyl (C=O) groups is 3. The topological polar surface area (TPSA) is 86.7 Å². The van der Waals surface area contributed by atoms with E-state index in [2.05, 4.69) is 26.3 Å². The van der Waals surface area contributed by atoms with Crippen molar-refractivity contribution < 1.29 is 14.4 Å². The summed E-state index contributed by atoms with van der Waals surface area (Å²) in [6, 6.07) is 3.74. The lowest BCUT2D eigenvalue weighted by atomic mass is 9.82. The lowest BCUT2D eigenvalue weighted by Gasteiger charge is -2.30. The first-order chi connectivity index (χ1) is 13.0. The van der Waals surface area contributed by atoms with Gasteiger partial charge < -0.3 is 9.88 Å². The molecule has 0 bridgehead atoms. The highest BCUT2D eigenvalue weighted by Crippen LogP contribution is 2.33. The van der Waals surface area contributed by atoms with Gasteiger partial charge in [-0.15, -0.1) is 0 Å². The molecule has 1 aromatic rings. The molecule has 3 heterocycles. The highest BCUT2D eigenvalue weighted by Gasteiger charge is 2.52. The maximum absolute atomic E-state index is 12.8. The molecular formula is C19H27N5O3. The minimum Gasteiger partial charge on any atom is -0.353 e. The van der Waals surface area contributed by atoms with Crippen molar-refractivity contribution in [2.75, 3.05) is 13.1 Å². The fourth-order valence-electron chi connectivity index (χ4n) is 4.73. The molecule has 1 aromatic heterocycles. The van der Waals surface area contributed by atoms with Crippen molar-refractivity contribution in [2.24, 2.45) is 7.05 Å².